The SMILES string of the molecule is c1ccc(-c2cccc(-c3ccccc3N(c3cccc(-c4ccccc4)c3)c3ccc4c(c3)C3(c5ccccc5-4)c4ccccc4N(c4cccc(-c5cccc6cc(N(c7ccc8c(c7)C7(c9ccccc9-8)c8ccccc8N(c8ccccc8)c8ccccc87)c7ccccc7-c7cccc(-c8ccccc8)c7)ccc56)c4)c4ccccc43)c2)cc1. The average molecular weight is 1580 g/mol. The zero-order valence-corrected chi connectivity index (χ0v) is 68.0. The maximum absolute atomic E-state index is 2.53. The van der Waals surface area contributed by atoms with Gasteiger partial charge < -0.3 is 19.6 Å². The molecule has 2 aliphatic carbocycles. The van der Waals surface area contributed by atoms with Crippen LogP contribution in [0.1, 0.15) is 44.5 Å². The lowest BCUT2D eigenvalue weighted by atomic mass is 9.64. The molecule has 0 N–H and O–H groups in total. The van der Waals surface area contributed by atoms with Crippen LogP contribution in [0.15, 0.2) is 485 Å². The Morgan fingerprint density at radius 2 is 0.468 bits per heavy atom. The predicted molar refractivity (Wildman–Crippen MR) is 517 cm³/mol. The molecule has 2 aliphatic heterocycles. The van der Waals surface area contributed by atoms with E-state index in [9.17, 15) is 0 Å². The molecule has 0 saturated heterocycles. The van der Waals surface area contributed by atoms with Crippen LogP contribution in [0, 0.1) is 0 Å². The normalized spacial score (nSPS) is 13.1. The predicted octanol–water partition coefficient (Wildman–Crippen LogP) is 32.1. The number of hydrogen-bond acceptors (Lipinski definition) is 4. The van der Waals surface area contributed by atoms with E-state index >= 15 is 0 Å². The Bertz CT molecular complexity index is 7500. The Morgan fingerprint density at radius 1 is 0.161 bits per heavy atom. The molecule has 4 aliphatic rings. The van der Waals surface area contributed by atoms with E-state index in [1.54, 1.807) is 0 Å². The Kier molecular flexibility index (Phi) is 17.0. The van der Waals surface area contributed by atoms with Gasteiger partial charge in [-0.25, -0.2) is 0 Å². The molecule has 580 valence electrons. The molecule has 24 rings (SSSR count). The standard InChI is InChI=1S/C120H80N4/c1-5-34-81(35-6-1)84-40-29-43-87(74-84)99-51-15-23-62-113(99)121(92-49-31-42-86(76-92)83-38-9-3-10-39-83)95-69-72-103-102-54-14-18-57-106(102)120(111(103)79-95)109-60-21-27-66-117(109)124(118-67-28-22-61-110(118)120)93-50-32-45-89(77-93)97-55-33-46-90-78-94(68-71-98(90)97)122(114-63-24-16-52-100(114)88-44-30-41-85(75-88)82-36-7-2-8-37-82)96-70-73-104-101-53-13-17-56-105(101)119(112(104)80-96)107-58-19-25-64-115(107)123(91-47-11-4-12-48-91)116-65-26-20-59-108(116)119/h1-80H. The molecule has 2 heterocycles. The third-order valence-corrected chi connectivity index (χ3v) is 26.4. The largest absolute Gasteiger partial charge is 0.310 e. The fourth-order valence-corrected chi connectivity index (χ4v) is 21.2. The smallest absolute Gasteiger partial charge is 0.0755 e. The first-order valence-electron chi connectivity index (χ1n) is 42.9. The quantitative estimate of drug-likeness (QED) is 0.108. The minimum absolute atomic E-state index is 0.675. The summed E-state index contributed by atoms with van der Waals surface area (Å²) in [7, 11) is 0. The molecular weight excluding hydrogens is 1500 g/mol. The molecule has 0 atom stereocenters. The van der Waals surface area contributed by atoms with E-state index in [2.05, 4.69) is 505 Å². The lowest BCUT2D eigenvalue weighted by Gasteiger charge is -2.45. The first-order valence-corrected chi connectivity index (χ1v) is 42.9. The molecule has 0 bridgehead atoms. The maximum atomic E-state index is 2.53. The zero-order valence-electron chi connectivity index (χ0n) is 68.0. The van der Waals surface area contributed by atoms with Gasteiger partial charge >= 0.3 is 0 Å². The molecule has 0 fully saturated rings. The lowest BCUT2D eigenvalue weighted by molar-refractivity contribution is 0.752. The van der Waals surface area contributed by atoms with Crippen molar-refractivity contribution in [1.29, 1.82) is 0 Å². The second-order valence-corrected chi connectivity index (χ2v) is 32.9. The molecule has 0 radical (unpaired) electrons. The van der Waals surface area contributed by atoms with E-state index < -0.39 is 10.8 Å². The summed E-state index contributed by atoms with van der Waals surface area (Å²) >= 11 is 0. The van der Waals surface area contributed by atoms with Crippen molar-refractivity contribution < 1.29 is 0 Å². The monoisotopic (exact) mass is 1580 g/mol. The van der Waals surface area contributed by atoms with Crippen LogP contribution in [0.25, 0.3) is 99.8 Å². The summed E-state index contributed by atoms with van der Waals surface area (Å²) in [6, 6.07) is 181. The third kappa shape index (κ3) is 11.3. The number of nitrogens with zero attached hydrogens (tertiary/aromatic N) is 4. The van der Waals surface area contributed by atoms with Gasteiger partial charge in [-0.05, 0) is 254 Å². The van der Waals surface area contributed by atoms with Gasteiger partial charge in [-0.2, -0.15) is 0 Å². The maximum Gasteiger partial charge on any atom is 0.0755 e. The van der Waals surface area contributed by atoms with Gasteiger partial charge in [-0.15, -0.1) is 0 Å². The fourth-order valence-electron chi connectivity index (χ4n) is 21.2. The van der Waals surface area contributed by atoms with Gasteiger partial charge in [-0.3, -0.25) is 0 Å². The van der Waals surface area contributed by atoms with E-state index in [1.165, 1.54) is 89.0 Å². The average Bonchev–Trinajstić information content (AvgIpc) is 1.46. The fraction of sp³-hybridized carbons (Fsp3) is 0.0167. The van der Waals surface area contributed by atoms with Crippen LogP contribution in [-0.2, 0) is 10.8 Å². The van der Waals surface area contributed by atoms with E-state index in [0.717, 1.165) is 124 Å². The molecule has 4 heteroatoms. The molecule has 0 aromatic heterocycles. The number of rotatable bonds is 14. The van der Waals surface area contributed by atoms with Gasteiger partial charge in [0.15, 0.2) is 0 Å². The Labute approximate surface area is 723 Å². The zero-order chi connectivity index (χ0) is 81.8. The van der Waals surface area contributed by atoms with Crippen molar-refractivity contribution in [1.82, 2.24) is 0 Å². The molecule has 0 saturated carbocycles. The summed E-state index contributed by atoms with van der Waals surface area (Å²) in [6.07, 6.45) is 0. The van der Waals surface area contributed by atoms with Crippen LogP contribution in [0.5, 0.6) is 0 Å². The highest BCUT2D eigenvalue weighted by atomic mass is 15.2. The van der Waals surface area contributed by atoms with Crippen molar-refractivity contribution in [2.24, 2.45) is 0 Å². The third-order valence-electron chi connectivity index (χ3n) is 26.4. The molecule has 124 heavy (non-hydrogen) atoms. The van der Waals surface area contributed by atoms with Crippen LogP contribution in [0.4, 0.5) is 68.2 Å². The van der Waals surface area contributed by atoms with Crippen molar-refractivity contribution in [3.63, 3.8) is 0 Å². The van der Waals surface area contributed by atoms with Gasteiger partial charge in [0.25, 0.3) is 0 Å². The van der Waals surface area contributed by atoms with Crippen molar-refractivity contribution in [2.45, 2.75) is 10.8 Å². The Hall–Kier alpha value is -16.1. The van der Waals surface area contributed by atoms with Crippen LogP contribution in [-0.4, -0.2) is 0 Å². The summed E-state index contributed by atoms with van der Waals surface area (Å²) in [6.45, 7) is 0. The topological polar surface area (TPSA) is 13.0 Å². The van der Waals surface area contributed by atoms with Crippen molar-refractivity contribution in [3.8, 4) is 89.0 Å². The Balaban J connectivity index is 0.649. The van der Waals surface area contributed by atoms with Gasteiger partial charge in [0, 0.05) is 45.3 Å². The minimum atomic E-state index is -0.734. The van der Waals surface area contributed by atoms with E-state index in [1.807, 2.05) is 0 Å². The molecule has 2 spiro atoms. The second kappa shape index (κ2) is 29.4. The molecule has 4 nitrogen and oxygen atoms in total. The molecule has 0 unspecified atom stereocenters. The van der Waals surface area contributed by atoms with Crippen LogP contribution in [0.2, 0.25) is 0 Å². The van der Waals surface area contributed by atoms with Gasteiger partial charge in [0.05, 0.1) is 45.0 Å². The van der Waals surface area contributed by atoms with E-state index in [0.29, 0.717) is 0 Å². The molecule has 0 amide bonds. The number of benzene rings is 20. The van der Waals surface area contributed by atoms with Crippen LogP contribution < -0.4 is 19.6 Å². The highest BCUT2D eigenvalue weighted by Crippen LogP contribution is 2.67. The summed E-state index contributed by atoms with van der Waals surface area (Å²) in [5.41, 5.74) is 40.5. The van der Waals surface area contributed by atoms with Crippen molar-refractivity contribution in [2.75, 3.05) is 19.6 Å². The molecule has 20 aromatic carbocycles. The summed E-state index contributed by atoms with van der Waals surface area (Å²) in [5, 5.41) is 2.29. The van der Waals surface area contributed by atoms with Gasteiger partial charge in [-0.1, -0.05) is 364 Å². The minimum Gasteiger partial charge on any atom is -0.310 e. The van der Waals surface area contributed by atoms with Crippen molar-refractivity contribution in [3.05, 3.63) is 530 Å². The van der Waals surface area contributed by atoms with E-state index in [4.69, 9.17) is 0 Å². The molecule has 20 aromatic rings. The van der Waals surface area contributed by atoms with E-state index in [-0.39, 0.29) is 0 Å². The first-order chi connectivity index (χ1) is 61.5. The number of anilines is 12. The second-order valence-electron chi connectivity index (χ2n) is 32.9. The highest BCUT2D eigenvalue weighted by molar-refractivity contribution is 6.05. The highest BCUT2D eigenvalue weighted by Gasteiger charge is 2.54. The number of fused-ring (bicyclic) bond motifs is 19. The Morgan fingerprint density at radius 3 is 0.944 bits per heavy atom. The summed E-state index contributed by atoms with van der Waals surface area (Å²) < 4.78 is 0. The lowest BCUT2D eigenvalue weighted by Crippen LogP contribution is -2.36. The van der Waals surface area contributed by atoms with Crippen molar-refractivity contribution >= 4 is 79.0 Å². The van der Waals surface area contributed by atoms with Crippen LogP contribution >= 0.6 is 0 Å². The van der Waals surface area contributed by atoms with Gasteiger partial charge in [0.2, 0.25) is 0 Å². The number of hydrogen-bond donors (Lipinski definition) is 0. The van der Waals surface area contributed by atoms with Crippen LogP contribution in [0.3, 0.4) is 0 Å². The summed E-state index contributed by atoms with van der Waals surface area (Å²) in [5.74, 6) is 0. The first kappa shape index (κ1) is 71.9. The number of para-hydroxylation sites is 7. The summed E-state index contributed by atoms with van der Waals surface area (Å²) in [4.78, 5) is 10.0. The van der Waals surface area contributed by atoms with Gasteiger partial charge in [0.1, 0.15) is 0 Å². The molecular formula is C120H80N4.